The normalized spacial score (nSPS) is 14.4. The van der Waals surface area contributed by atoms with E-state index in [1.54, 1.807) is 21.0 Å². The molecule has 3 aromatic rings. The van der Waals surface area contributed by atoms with Gasteiger partial charge in [0.05, 0.1) is 18.6 Å². The van der Waals surface area contributed by atoms with Crippen molar-refractivity contribution in [2.45, 2.75) is 25.6 Å². The van der Waals surface area contributed by atoms with Gasteiger partial charge in [-0.1, -0.05) is 105 Å². The van der Waals surface area contributed by atoms with Gasteiger partial charge in [-0.05, 0) is 16.7 Å². The van der Waals surface area contributed by atoms with Crippen LogP contribution in [0.2, 0.25) is 0 Å². The van der Waals surface area contributed by atoms with Gasteiger partial charge in [-0.2, -0.15) is 0 Å². The molecule has 0 unspecified atom stereocenters. The van der Waals surface area contributed by atoms with Gasteiger partial charge in [0.25, 0.3) is 0 Å². The van der Waals surface area contributed by atoms with E-state index in [0.29, 0.717) is 0 Å². The van der Waals surface area contributed by atoms with Crippen LogP contribution in [0, 0.1) is 11.8 Å². The number of rotatable bonds is 9. The van der Waals surface area contributed by atoms with E-state index in [2.05, 4.69) is 36.4 Å². The zero-order valence-electron chi connectivity index (χ0n) is 19.3. The van der Waals surface area contributed by atoms with E-state index in [4.69, 9.17) is 4.74 Å². The Balaban J connectivity index is 2.01. The summed E-state index contributed by atoms with van der Waals surface area (Å²) >= 11 is 0. The highest BCUT2D eigenvalue weighted by atomic mass is 16.5. The van der Waals surface area contributed by atoms with Gasteiger partial charge in [0, 0.05) is 20.0 Å². The largest absolute Gasteiger partial charge is 0.392 e. The van der Waals surface area contributed by atoms with Crippen molar-refractivity contribution in [3.63, 3.8) is 0 Å². The van der Waals surface area contributed by atoms with Crippen LogP contribution >= 0.6 is 0 Å². The number of benzene rings is 3. The number of amides is 1. The molecule has 0 saturated carbocycles. The Bertz CT molecular complexity index is 877. The Morgan fingerprint density at radius 3 is 1.53 bits per heavy atom. The van der Waals surface area contributed by atoms with Gasteiger partial charge in [-0.25, -0.2) is 0 Å². The number of aliphatic hydroxyl groups excluding tert-OH is 1. The average molecular weight is 432 g/mol. The zero-order chi connectivity index (χ0) is 23.1. The van der Waals surface area contributed by atoms with Crippen molar-refractivity contribution in [2.75, 3.05) is 20.7 Å². The molecule has 0 saturated heterocycles. The molecule has 3 rings (SSSR count). The fourth-order valence-electron chi connectivity index (χ4n) is 4.17. The molecule has 0 aliphatic carbocycles. The molecule has 3 aromatic carbocycles. The zero-order valence-corrected chi connectivity index (χ0v) is 19.3. The van der Waals surface area contributed by atoms with E-state index in [0.717, 1.165) is 16.7 Å². The van der Waals surface area contributed by atoms with Crippen molar-refractivity contribution in [1.29, 1.82) is 0 Å². The lowest BCUT2D eigenvalue weighted by Crippen LogP contribution is -2.41. The van der Waals surface area contributed by atoms with Crippen LogP contribution in [-0.2, 0) is 15.1 Å². The summed E-state index contributed by atoms with van der Waals surface area (Å²) in [6.45, 7) is 3.98. The smallest absolute Gasteiger partial charge is 0.227 e. The highest BCUT2D eigenvalue weighted by Crippen LogP contribution is 2.41. The van der Waals surface area contributed by atoms with E-state index in [9.17, 15) is 9.90 Å². The lowest BCUT2D eigenvalue weighted by atomic mass is 9.80. The summed E-state index contributed by atoms with van der Waals surface area (Å²) in [7, 11) is 3.41. The van der Waals surface area contributed by atoms with Crippen molar-refractivity contribution in [1.82, 2.24) is 4.90 Å². The Morgan fingerprint density at radius 1 is 0.812 bits per heavy atom. The van der Waals surface area contributed by atoms with Crippen LogP contribution in [0.1, 0.15) is 30.5 Å². The number of carbonyl (C=O) groups excluding carboxylic acids is 1. The SMILES string of the molecule is C[C@H](COC(c1ccccc1)(c1ccccc1)c1ccccc1)[C@@H](O)[C@@H](C)C(=O)N(C)C. The van der Waals surface area contributed by atoms with Gasteiger partial charge in [0.2, 0.25) is 5.91 Å². The van der Waals surface area contributed by atoms with E-state index in [-0.39, 0.29) is 18.4 Å². The number of hydrogen-bond acceptors (Lipinski definition) is 3. The van der Waals surface area contributed by atoms with E-state index >= 15 is 0 Å². The maximum absolute atomic E-state index is 12.4. The highest BCUT2D eigenvalue weighted by Gasteiger charge is 2.39. The van der Waals surface area contributed by atoms with Crippen LogP contribution in [0.3, 0.4) is 0 Å². The quantitative estimate of drug-likeness (QED) is 0.499. The first-order valence-corrected chi connectivity index (χ1v) is 11.1. The molecule has 0 radical (unpaired) electrons. The molecule has 0 bridgehead atoms. The van der Waals surface area contributed by atoms with Gasteiger partial charge in [-0.15, -0.1) is 0 Å². The predicted molar refractivity (Wildman–Crippen MR) is 128 cm³/mol. The van der Waals surface area contributed by atoms with Crippen LogP contribution in [0.25, 0.3) is 0 Å². The Labute approximate surface area is 191 Å². The molecule has 0 fully saturated rings. The van der Waals surface area contributed by atoms with Gasteiger partial charge < -0.3 is 14.7 Å². The Morgan fingerprint density at radius 2 is 1.19 bits per heavy atom. The van der Waals surface area contributed by atoms with E-state index in [1.165, 1.54) is 4.90 Å². The third-order valence-electron chi connectivity index (χ3n) is 6.03. The van der Waals surface area contributed by atoms with Crippen LogP contribution in [0.4, 0.5) is 0 Å². The average Bonchev–Trinajstić information content (AvgIpc) is 2.84. The van der Waals surface area contributed by atoms with Crippen molar-refractivity contribution in [2.24, 2.45) is 11.8 Å². The third-order valence-corrected chi connectivity index (χ3v) is 6.03. The second kappa shape index (κ2) is 10.6. The standard InChI is InChI=1S/C28H33NO3/c1-21(26(30)22(2)27(31)29(3)4)20-32-28(23-14-8-5-9-15-23,24-16-10-6-11-17-24)25-18-12-7-13-19-25/h5-19,21-22,26,30H,20H2,1-4H3/t21-,22-,26-/m1/s1. The maximum Gasteiger partial charge on any atom is 0.227 e. The minimum atomic E-state index is -0.841. The van der Waals surface area contributed by atoms with E-state index < -0.39 is 17.6 Å². The van der Waals surface area contributed by atoms with Crippen molar-refractivity contribution in [3.05, 3.63) is 108 Å². The summed E-state index contributed by atoms with van der Waals surface area (Å²) < 4.78 is 6.78. The second-order valence-electron chi connectivity index (χ2n) is 8.58. The minimum Gasteiger partial charge on any atom is -0.392 e. The van der Waals surface area contributed by atoms with Crippen LogP contribution < -0.4 is 0 Å². The molecule has 3 atom stereocenters. The number of ether oxygens (including phenoxy) is 1. The van der Waals surface area contributed by atoms with Crippen molar-refractivity contribution < 1.29 is 14.6 Å². The van der Waals surface area contributed by atoms with Crippen LogP contribution in [0.15, 0.2) is 91.0 Å². The Hall–Kier alpha value is -2.95. The van der Waals surface area contributed by atoms with Gasteiger partial charge in [-0.3, -0.25) is 4.79 Å². The van der Waals surface area contributed by atoms with Gasteiger partial charge >= 0.3 is 0 Å². The molecule has 4 nitrogen and oxygen atoms in total. The molecule has 32 heavy (non-hydrogen) atoms. The number of carbonyl (C=O) groups is 1. The van der Waals surface area contributed by atoms with Crippen LogP contribution in [-0.4, -0.2) is 42.7 Å². The first kappa shape index (κ1) is 23.7. The van der Waals surface area contributed by atoms with Crippen LogP contribution in [0.5, 0.6) is 0 Å². The van der Waals surface area contributed by atoms with Crippen molar-refractivity contribution in [3.8, 4) is 0 Å². The molecule has 4 heteroatoms. The lowest BCUT2D eigenvalue weighted by molar-refractivity contribution is -0.138. The monoisotopic (exact) mass is 431 g/mol. The summed E-state index contributed by atoms with van der Waals surface area (Å²) in [5.41, 5.74) is 2.19. The molecule has 0 spiro atoms. The third kappa shape index (κ3) is 4.93. The lowest BCUT2D eigenvalue weighted by Gasteiger charge is -2.37. The maximum atomic E-state index is 12.4. The first-order chi connectivity index (χ1) is 15.4. The number of nitrogens with zero attached hydrogens (tertiary/aromatic N) is 1. The van der Waals surface area contributed by atoms with Gasteiger partial charge in [0.15, 0.2) is 0 Å². The van der Waals surface area contributed by atoms with Crippen molar-refractivity contribution >= 4 is 5.91 Å². The fraction of sp³-hybridized carbons (Fsp3) is 0.321. The summed E-state index contributed by atoms with van der Waals surface area (Å²) in [4.78, 5) is 13.9. The minimum absolute atomic E-state index is 0.0928. The first-order valence-electron chi connectivity index (χ1n) is 11.1. The van der Waals surface area contributed by atoms with Gasteiger partial charge in [0.1, 0.15) is 5.60 Å². The summed E-state index contributed by atoms with van der Waals surface area (Å²) in [6.07, 6.45) is -0.815. The molecular weight excluding hydrogens is 398 g/mol. The molecule has 0 aliphatic rings. The highest BCUT2D eigenvalue weighted by molar-refractivity contribution is 5.78. The Kier molecular flexibility index (Phi) is 7.84. The molecule has 1 N–H and O–H groups in total. The van der Waals surface area contributed by atoms with E-state index in [1.807, 2.05) is 61.5 Å². The number of aliphatic hydroxyl groups is 1. The fourth-order valence-corrected chi connectivity index (χ4v) is 4.17. The molecule has 0 aliphatic heterocycles. The summed E-state index contributed by atoms with van der Waals surface area (Å²) in [5.74, 6) is -0.850. The molecule has 0 aromatic heterocycles. The number of hydrogen-bond donors (Lipinski definition) is 1. The molecule has 1 amide bonds. The topological polar surface area (TPSA) is 49.8 Å². The molecular formula is C28H33NO3. The summed E-state index contributed by atoms with van der Waals surface area (Å²) in [5, 5.41) is 10.9. The molecule has 0 heterocycles. The predicted octanol–water partition coefficient (Wildman–Crippen LogP) is 4.72. The second-order valence-corrected chi connectivity index (χ2v) is 8.58. The molecule has 168 valence electrons. The summed E-state index contributed by atoms with van der Waals surface area (Å²) in [6, 6.07) is 30.4.